The van der Waals surface area contributed by atoms with Gasteiger partial charge in [-0.05, 0) is 32.1 Å². The molecule has 12 atom stereocenters. The van der Waals surface area contributed by atoms with Crippen LogP contribution in [-0.2, 0) is 23.7 Å². The Bertz CT molecular complexity index is 1290. The van der Waals surface area contributed by atoms with Gasteiger partial charge in [0, 0.05) is 6.42 Å². The Morgan fingerprint density at radius 3 is 1.38 bits per heavy atom. The number of hydrogen-bond donors (Lipinski definition) is 9. The van der Waals surface area contributed by atoms with Gasteiger partial charge in [-0.2, -0.15) is 0 Å². The first-order valence-electron chi connectivity index (χ1n) is 29.1. The van der Waals surface area contributed by atoms with Crippen LogP contribution in [0.3, 0.4) is 0 Å². The molecule has 0 aromatic rings. The summed E-state index contributed by atoms with van der Waals surface area (Å²) in [6, 6.07) is -0.924. The molecule has 0 radical (unpaired) electrons. The molecule has 0 aliphatic carbocycles. The molecule has 0 spiro atoms. The summed E-state index contributed by atoms with van der Waals surface area (Å²) >= 11 is 0. The Labute approximate surface area is 430 Å². The van der Waals surface area contributed by atoms with E-state index >= 15 is 0 Å². The van der Waals surface area contributed by atoms with Crippen LogP contribution in [0, 0.1) is 0 Å². The van der Waals surface area contributed by atoms with Crippen molar-refractivity contribution in [1.29, 1.82) is 0 Å². The van der Waals surface area contributed by atoms with E-state index in [1.807, 2.05) is 6.08 Å². The Morgan fingerprint density at radius 2 is 0.901 bits per heavy atom. The molecule has 14 heteroatoms. The Balaban J connectivity index is 1.57. The summed E-state index contributed by atoms with van der Waals surface area (Å²) in [5.74, 6) is -0.266. The number of aliphatic hydroxyl groups is 8. The number of nitrogens with one attached hydrogen (secondary N) is 1. The molecule has 2 saturated heterocycles. The molecule has 14 nitrogen and oxygen atoms in total. The lowest BCUT2D eigenvalue weighted by atomic mass is 9.97. The molecule has 9 N–H and O–H groups in total. The lowest BCUT2D eigenvalue weighted by Gasteiger charge is -2.46. The van der Waals surface area contributed by atoms with E-state index < -0.39 is 86.8 Å². The minimum atomic E-state index is -1.79. The average Bonchev–Trinajstić information content (AvgIpc) is 3.37. The molecule has 2 rings (SSSR count). The average molecular weight is 1010 g/mol. The van der Waals surface area contributed by atoms with Crippen LogP contribution in [0.15, 0.2) is 24.3 Å². The summed E-state index contributed by atoms with van der Waals surface area (Å²) in [5.41, 5.74) is 0. The van der Waals surface area contributed by atoms with Gasteiger partial charge in [-0.15, -0.1) is 0 Å². The Kier molecular flexibility index (Phi) is 40.4. The zero-order valence-corrected chi connectivity index (χ0v) is 44.7. The van der Waals surface area contributed by atoms with Gasteiger partial charge in [-0.25, -0.2) is 0 Å². The van der Waals surface area contributed by atoms with Crippen molar-refractivity contribution in [2.75, 3.05) is 19.8 Å². The molecule has 0 aromatic carbocycles. The minimum Gasteiger partial charge on any atom is -0.394 e. The highest BCUT2D eigenvalue weighted by atomic mass is 16.7. The molecule has 71 heavy (non-hydrogen) atoms. The number of ether oxygens (including phenoxy) is 4. The van der Waals surface area contributed by atoms with Gasteiger partial charge < -0.3 is 65.1 Å². The van der Waals surface area contributed by atoms with Crippen LogP contribution in [0.5, 0.6) is 0 Å². The zero-order chi connectivity index (χ0) is 51.7. The van der Waals surface area contributed by atoms with Crippen molar-refractivity contribution in [3.05, 3.63) is 24.3 Å². The first-order valence-corrected chi connectivity index (χ1v) is 29.1. The number of amides is 1. The molecule has 418 valence electrons. The molecule has 0 aromatic heterocycles. The van der Waals surface area contributed by atoms with Crippen LogP contribution in [0.2, 0.25) is 0 Å². The third kappa shape index (κ3) is 30.0. The molecule has 2 heterocycles. The summed E-state index contributed by atoms with van der Waals surface area (Å²) in [5, 5.41) is 86.3. The van der Waals surface area contributed by atoms with Crippen molar-refractivity contribution >= 4 is 5.91 Å². The van der Waals surface area contributed by atoms with E-state index in [2.05, 4.69) is 31.3 Å². The van der Waals surface area contributed by atoms with Crippen molar-refractivity contribution < 1.29 is 64.6 Å². The van der Waals surface area contributed by atoms with Crippen molar-refractivity contribution in [1.82, 2.24) is 5.32 Å². The number of carbonyl (C=O) groups excluding carboxylic acids is 1. The summed E-state index contributed by atoms with van der Waals surface area (Å²) in [4.78, 5) is 12.9. The normalized spacial score (nSPS) is 25.9. The van der Waals surface area contributed by atoms with Crippen LogP contribution in [0.1, 0.15) is 239 Å². The Hall–Kier alpha value is -1.53. The van der Waals surface area contributed by atoms with Crippen LogP contribution in [-0.4, -0.2) is 140 Å². The maximum atomic E-state index is 12.9. The number of rotatable bonds is 46. The fourth-order valence-corrected chi connectivity index (χ4v) is 9.66. The van der Waals surface area contributed by atoms with Crippen LogP contribution < -0.4 is 5.32 Å². The van der Waals surface area contributed by atoms with Crippen molar-refractivity contribution in [2.45, 2.75) is 312 Å². The maximum Gasteiger partial charge on any atom is 0.220 e. The molecule has 1 amide bonds. The molecule has 0 bridgehead atoms. The highest BCUT2D eigenvalue weighted by molar-refractivity contribution is 5.76. The lowest BCUT2D eigenvalue weighted by Crippen LogP contribution is -2.65. The van der Waals surface area contributed by atoms with Crippen LogP contribution in [0.4, 0.5) is 0 Å². The second-order valence-corrected chi connectivity index (χ2v) is 20.8. The monoisotopic (exact) mass is 1010 g/mol. The molecule has 0 saturated carbocycles. The fourth-order valence-electron chi connectivity index (χ4n) is 9.66. The third-order valence-corrected chi connectivity index (χ3v) is 14.4. The van der Waals surface area contributed by atoms with E-state index in [1.165, 1.54) is 173 Å². The second-order valence-electron chi connectivity index (χ2n) is 20.8. The van der Waals surface area contributed by atoms with Gasteiger partial charge in [-0.3, -0.25) is 4.79 Å². The number of aliphatic hydroxyl groups excluding tert-OH is 8. The minimum absolute atomic E-state index is 0.266. The Morgan fingerprint density at radius 1 is 0.493 bits per heavy atom. The standard InChI is InChI=1S/C57H107NO13/c1-3-5-7-9-10-11-12-13-14-15-16-17-18-19-20-21-22-23-24-25-26-27-28-29-30-31-32-33-34-35-36-37-38-40-46(61)45(58-49(62)41-39-8-6-4-2)44-68-56-54(67)52(65)55(48(43-60)70-56)71-57-53(66)51(64)50(63)47(42-59)69-57/h34-35,38,40,45-48,50-57,59-61,63-67H,3-33,36-37,39,41-44H2,1-2H3,(H,58,62)/b35-34+,40-38+. The molecule has 2 aliphatic heterocycles. The van der Waals surface area contributed by atoms with E-state index in [1.54, 1.807) is 6.08 Å². The van der Waals surface area contributed by atoms with Gasteiger partial charge in [0.1, 0.15) is 48.8 Å². The number of hydrogen-bond acceptors (Lipinski definition) is 13. The van der Waals surface area contributed by atoms with Crippen LogP contribution >= 0.6 is 0 Å². The van der Waals surface area contributed by atoms with Gasteiger partial charge in [0.2, 0.25) is 5.91 Å². The summed E-state index contributed by atoms with van der Waals surface area (Å²) in [7, 11) is 0. The number of carbonyl (C=O) groups is 1. The number of allylic oxidation sites excluding steroid dienone is 3. The molecule has 2 fully saturated rings. The molecule has 2 aliphatic rings. The number of unbranched alkanes of at least 4 members (excludes halogenated alkanes) is 31. The third-order valence-electron chi connectivity index (χ3n) is 14.4. The molecular formula is C57H107NO13. The highest BCUT2D eigenvalue weighted by Gasteiger charge is 2.51. The fraction of sp³-hybridized carbons (Fsp3) is 0.912. The lowest BCUT2D eigenvalue weighted by molar-refractivity contribution is -0.359. The smallest absolute Gasteiger partial charge is 0.220 e. The zero-order valence-electron chi connectivity index (χ0n) is 44.7. The van der Waals surface area contributed by atoms with Gasteiger partial charge in [-0.1, -0.05) is 224 Å². The maximum absolute atomic E-state index is 12.9. The molecular weight excluding hydrogens is 907 g/mol. The van der Waals surface area contributed by atoms with E-state index in [4.69, 9.17) is 18.9 Å². The topological polar surface area (TPSA) is 228 Å². The van der Waals surface area contributed by atoms with Gasteiger partial charge >= 0.3 is 0 Å². The summed E-state index contributed by atoms with van der Waals surface area (Å²) in [6.45, 7) is 2.64. The summed E-state index contributed by atoms with van der Waals surface area (Å²) < 4.78 is 22.6. The predicted molar refractivity (Wildman–Crippen MR) is 282 cm³/mol. The van der Waals surface area contributed by atoms with Gasteiger partial charge in [0.05, 0.1) is 32.0 Å². The first kappa shape index (κ1) is 65.6. The highest BCUT2D eigenvalue weighted by Crippen LogP contribution is 2.30. The van der Waals surface area contributed by atoms with Crippen molar-refractivity contribution in [2.24, 2.45) is 0 Å². The second kappa shape index (κ2) is 43.7. The van der Waals surface area contributed by atoms with E-state index in [9.17, 15) is 45.6 Å². The summed E-state index contributed by atoms with van der Waals surface area (Å²) in [6.07, 6.45) is 35.0. The van der Waals surface area contributed by atoms with E-state index in [-0.39, 0.29) is 18.9 Å². The van der Waals surface area contributed by atoms with Crippen LogP contribution in [0.25, 0.3) is 0 Å². The predicted octanol–water partition coefficient (Wildman–Crippen LogP) is 9.28. The van der Waals surface area contributed by atoms with E-state index in [0.29, 0.717) is 12.8 Å². The molecule has 12 unspecified atom stereocenters. The van der Waals surface area contributed by atoms with Gasteiger partial charge in [0.15, 0.2) is 12.6 Å². The first-order chi connectivity index (χ1) is 34.6. The van der Waals surface area contributed by atoms with Gasteiger partial charge in [0.25, 0.3) is 0 Å². The largest absolute Gasteiger partial charge is 0.394 e. The van der Waals surface area contributed by atoms with E-state index in [0.717, 1.165) is 32.1 Å². The van der Waals surface area contributed by atoms with Crippen molar-refractivity contribution in [3.8, 4) is 0 Å². The van der Waals surface area contributed by atoms with Crippen molar-refractivity contribution in [3.63, 3.8) is 0 Å². The SMILES string of the molecule is CCCCCCCCCCCCCCCCCCCCCCCCCCCCC/C=C/CC/C=C/C(O)C(COC1OC(CO)C(OC2OC(CO)C(O)C(O)C2O)C(O)C1O)NC(=O)CCCCCC. The quantitative estimate of drug-likeness (QED) is 0.0205.